The number of carbonyl (C=O) groups is 2. The number of rotatable bonds is 7. The summed E-state index contributed by atoms with van der Waals surface area (Å²) < 4.78 is 13.5. The molecule has 0 bridgehead atoms. The van der Waals surface area contributed by atoms with Gasteiger partial charge in [-0.1, -0.05) is 31.9 Å². The van der Waals surface area contributed by atoms with Crippen molar-refractivity contribution in [2.75, 3.05) is 37.7 Å². The number of halogens is 1. The van der Waals surface area contributed by atoms with Gasteiger partial charge in [0.25, 0.3) is 5.91 Å². The van der Waals surface area contributed by atoms with E-state index in [9.17, 15) is 14.0 Å². The van der Waals surface area contributed by atoms with Gasteiger partial charge in [-0.2, -0.15) is 0 Å². The molecule has 3 heterocycles. The lowest BCUT2D eigenvalue weighted by Gasteiger charge is -2.34. The lowest BCUT2D eigenvalue weighted by atomic mass is 9.85. The Bertz CT molecular complexity index is 915. The lowest BCUT2D eigenvalue weighted by molar-refractivity contribution is -0.907. The number of quaternary nitrogens is 1. The molecule has 7 nitrogen and oxygen atoms in total. The summed E-state index contributed by atoms with van der Waals surface area (Å²) in [5, 5.41) is 2.95. The highest BCUT2D eigenvalue weighted by Gasteiger charge is 2.53. The Balaban J connectivity index is 1.46. The molecule has 0 aliphatic carbocycles. The number of anilines is 1. The number of nitrogens with one attached hydrogen (secondary N) is 3. The zero-order valence-electron chi connectivity index (χ0n) is 17.9. The van der Waals surface area contributed by atoms with Crippen molar-refractivity contribution in [1.82, 2.24) is 10.2 Å². The molecule has 0 spiro atoms. The van der Waals surface area contributed by atoms with E-state index in [2.05, 4.69) is 15.2 Å². The van der Waals surface area contributed by atoms with Gasteiger partial charge in [0, 0.05) is 17.8 Å². The number of carbonyl (C=O) groups excluding carboxylic acids is 2. The number of nitrogens with zero attached hydrogens (tertiary/aromatic N) is 2. The molecule has 1 aromatic carbocycles. The first kappa shape index (κ1) is 21.2. The highest BCUT2D eigenvalue weighted by atomic mass is 19.1. The first-order valence-electron chi connectivity index (χ1n) is 11.0. The maximum absolute atomic E-state index is 13.5. The summed E-state index contributed by atoms with van der Waals surface area (Å²) in [5.41, 5.74) is 0.703. The van der Waals surface area contributed by atoms with Crippen LogP contribution in [0.15, 0.2) is 48.8 Å². The Morgan fingerprint density at radius 1 is 1.10 bits per heavy atom. The molecule has 2 fully saturated rings. The number of hydrogen-bond donors (Lipinski definition) is 2. The number of piperazine rings is 1. The molecule has 3 N–H and O–H groups in total. The van der Waals surface area contributed by atoms with E-state index in [1.807, 2.05) is 31.5 Å². The van der Waals surface area contributed by atoms with E-state index in [0.717, 1.165) is 39.0 Å². The number of urea groups is 1. The number of hydrogen-bond acceptors (Lipinski definition) is 3. The van der Waals surface area contributed by atoms with E-state index in [0.29, 0.717) is 18.7 Å². The van der Waals surface area contributed by atoms with Crippen LogP contribution in [0.25, 0.3) is 0 Å². The van der Waals surface area contributed by atoms with Crippen LogP contribution in [-0.2, 0) is 10.3 Å². The largest absolute Gasteiger partial charge is 0.360 e. The van der Waals surface area contributed by atoms with Gasteiger partial charge in [0.05, 0.1) is 26.2 Å². The second-order valence-corrected chi connectivity index (χ2v) is 8.33. The van der Waals surface area contributed by atoms with Gasteiger partial charge in [-0.15, -0.1) is 0 Å². The molecule has 2 aromatic rings. The summed E-state index contributed by atoms with van der Waals surface area (Å²) in [5.74, 6) is -0.590. The molecule has 8 heteroatoms. The van der Waals surface area contributed by atoms with E-state index in [-0.39, 0.29) is 17.8 Å². The zero-order valence-corrected chi connectivity index (χ0v) is 17.9. The predicted octanol–water partition coefficient (Wildman–Crippen LogP) is 0.940. The average Bonchev–Trinajstić information content (AvgIpc) is 3.04. The van der Waals surface area contributed by atoms with E-state index in [1.54, 1.807) is 12.1 Å². The quantitative estimate of drug-likeness (QED) is 0.646. The number of pyridine rings is 1. The third kappa shape index (κ3) is 4.25. The second-order valence-electron chi connectivity index (χ2n) is 8.33. The standard InChI is InChI=1S/C23H28FN5O2/c1-2-3-10-23(18-4-6-19(24)7-5-18)21(30)29(22(31)26-23)17-27-13-15-28(16-14-27)20-8-11-25-12-9-20/h4-9,11-12H,2-3,10,13-17H2,1H3,(H,26,31)/p+2/t23-/m0/s1. The van der Waals surface area contributed by atoms with Crippen molar-refractivity contribution >= 4 is 17.6 Å². The smallest absolute Gasteiger partial charge is 0.329 e. The topological polar surface area (TPSA) is 71.2 Å². The zero-order chi connectivity index (χ0) is 21.8. The van der Waals surface area contributed by atoms with Crippen LogP contribution < -0.4 is 20.1 Å². The molecule has 2 aliphatic heterocycles. The first-order valence-corrected chi connectivity index (χ1v) is 11.0. The Hall–Kier alpha value is -3.00. The molecule has 4 rings (SSSR count). The fraction of sp³-hybridized carbons (Fsp3) is 0.435. The van der Waals surface area contributed by atoms with Gasteiger partial charge in [-0.25, -0.2) is 19.1 Å². The normalized spacial score (nSPS) is 22.1. The van der Waals surface area contributed by atoms with Gasteiger partial charge in [0.1, 0.15) is 11.4 Å². The SMILES string of the molecule is CCCC[C@@]1(c2ccc(F)cc2)NC(=O)N(C[NH+]2CCN(c3cc[nH+]cc3)CC2)C1=O. The van der Waals surface area contributed by atoms with Gasteiger partial charge in [0.2, 0.25) is 0 Å². The van der Waals surface area contributed by atoms with Gasteiger partial charge in [-0.05, 0) is 24.1 Å². The summed E-state index contributed by atoms with van der Waals surface area (Å²) in [4.78, 5) is 34.3. The van der Waals surface area contributed by atoms with Crippen molar-refractivity contribution in [3.8, 4) is 0 Å². The van der Waals surface area contributed by atoms with Crippen molar-refractivity contribution in [2.45, 2.75) is 31.7 Å². The van der Waals surface area contributed by atoms with Gasteiger partial charge < -0.3 is 15.1 Å². The molecule has 2 saturated heterocycles. The van der Waals surface area contributed by atoms with E-state index in [4.69, 9.17) is 0 Å². The van der Waals surface area contributed by atoms with Crippen molar-refractivity contribution < 1.29 is 23.9 Å². The number of benzene rings is 1. The first-order chi connectivity index (χ1) is 15.0. The second kappa shape index (κ2) is 9.01. The number of H-pyrrole nitrogens is 1. The summed E-state index contributed by atoms with van der Waals surface area (Å²) in [6, 6.07) is 9.64. The van der Waals surface area contributed by atoms with Crippen LogP contribution in [0.2, 0.25) is 0 Å². The minimum Gasteiger partial charge on any atom is -0.360 e. The highest BCUT2D eigenvalue weighted by Crippen LogP contribution is 2.34. The average molecular weight is 428 g/mol. The minimum atomic E-state index is -1.11. The number of aromatic nitrogens is 1. The van der Waals surface area contributed by atoms with Crippen molar-refractivity contribution in [1.29, 1.82) is 0 Å². The van der Waals surface area contributed by atoms with E-state index in [1.165, 1.54) is 27.6 Å². The molecule has 3 amide bonds. The van der Waals surface area contributed by atoms with E-state index >= 15 is 0 Å². The molecule has 164 valence electrons. The highest BCUT2D eigenvalue weighted by molar-refractivity contribution is 6.07. The van der Waals surface area contributed by atoms with Crippen molar-refractivity contribution in [3.63, 3.8) is 0 Å². The summed E-state index contributed by atoms with van der Waals surface area (Å²) in [6.45, 7) is 5.80. The maximum atomic E-state index is 13.5. The fourth-order valence-corrected chi connectivity index (χ4v) is 4.51. The molecule has 0 unspecified atom stereocenters. The van der Waals surface area contributed by atoms with Crippen LogP contribution in [-0.4, -0.2) is 49.7 Å². The number of amides is 3. The Kier molecular flexibility index (Phi) is 6.18. The lowest BCUT2D eigenvalue weighted by Crippen LogP contribution is -3.16. The molecule has 31 heavy (non-hydrogen) atoms. The van der Waals surface area contributed by atoms with E-state index < -0.39 is 5.54 Å². The molecule has 1 aromatic heterocycles. The van der Waals surface area contributed by atoms with Crippen molar-refractivity contribution in [2.24, 2.45) is 0 Å². The molecule has 1 atom stereocenters. The van der Waals surface area contributed by atoms with Crippen LogP contribution in [0, 0.1) is 5.82 Å². The monoisotopic (exact) mass is 427 g/mol. The summed E-state index contributed by atoms with van der Waals surface area (Å²) >= 11 is 0. The number of aromatic amines is 1. The summed E-state index contributed by atoms with van der Waals surface area (Å²) in [7, 11) is 0. The van der Waals surface area contributed by atoms with Crippen LogP contribution in [0.3, 0.4) is 0 Å². The number of unbranched alkanes of at least 4 members (excludes halogenated alkanes) is 1. The molecule has 0 saturated carbocycles. The van der Waals surface area contributed by atoms with Crippen LogP contribution in [0.1, 0.15) is 31.7 Å². The van der Waals surface area contributed by atoms with Crippen LogP contribution >= 0.6 is 0 Å². The minimum absolute atomic E-state index is 0.230. The third-order valence-electron chi connectivity index (χ3n) is 6.34. The van der Waals surface area contributed by atoms with Gasteiger partial charge in [0.15, 0.2) is 19.1 Å². The molecule has 2 aliphatic rings. The Morgan fingerprint density at radius 3 is 2.42 bits per heavy atom. The molecular weight excluding hydrogens is 397 g/mol. The van der Waals surface area contributed by atoms with Gasteiger partial charge in [-0.3, -0.25) is 4.79 Å². The van der Waals surface area contributed by atoms with Crippen LogP contribution in [0.5, 0.6) is 0 Å². The van der Waals surface area contributed by atoms with Gasteiger partial charge >= 0.3 is 6.03 Å². The molecule has 0 radical (unpaired) electrons. The fourth-order valence-electron chi connectivity index (χ4n) is 4.51. The maximum Gasteiger partial charge on any atom is 0.329 e. The third-order valence-corrected chi connectivity index (χ3v) is 6.34. The van der Waals surface area contributed by atoms with Crippen LogP contribution in [0.4, 0.5) is 14.9 Å². The Morgan fingerprint density at radius 2 is 1.77 bits per heavy atom. The van der Waals surface area contributed by atoms with Crippen molar-refractivity contribution in [3.05, 3.63) is 60.2 Å². The molecular formula is C23H30FN5O2+2. The summed E-state index contributed by atoms with van der Waals surface area (Å²) in [6.07, 6.45) is 6.01. The Labute approximate surface area is 181 Å². The number of imide groups is 1. The predicted molar refractivity (Wildman–Crippen MR) is 114 cm³/mol.